The number of hydrogen-bond acceptors (Lipinski definition) is 3. The van der Waals surface area contributed by atoms with Crippen LogP contribution < -0.4 is 15.2 Å². The van der Waals surface area contributed by atoms with Gasteiger partial charge in [0.15, 0.2) is 23.1 Å². The SMILES string of the molecule is COc1cc(Oc2cc(Br)cc(F)c2F)c(F)cc1N. The highest BCUT2D eigenvalue weighted by atomic mass is 79.9. The van der Waals surface area contributed by atoms with Crippen LogP contribution in [0, 0.1) is 17.5 Å². The van der Waals surface area contributed by atoms with Gasteiger partial charge in [-0.1, -0.05) is 15.9 Å². The summed E-state index contributed by atoms with van der Waals surface area (Å²) in [6.07, 6.45) is 0. The van der Waals surface area contributed by atoms with Crippen LogP contribution in [-0.2, 0) is 0 Å². The van der Waals surface area contributed by atoms with Crippen LogP contribution in [0.4, 0.5) is 18.9 Å². The molecule has 2 N–H and O–H groups in total. The van der Waals surface area contributed by atoms with E-state index >= 15 is 0 Å². The first kappa shape index (κ1) is 14.5. The summed E-state index contributed by atoms with van der Waals surface area (Å²) < 4.78 is 50.7. The summed E-state index contributed by atoms with van der Waals surface area (Å²) in [7, 11) is 1.34. The molecule has 0 saturated heterocycles. The summed E-state index contributed by atoms with van der Waals surface area (Å²) in [5.41, 5.74) is 5.58. The Kier molecular flexibility index (Phi) is 4.08. The third kappa shape index (κ3) is 2.82. The van der Waals surface area contributed by atoms with Crippen molar-refractivity contribution in [2.24, 2.45) is 0 Å². The van der Waals surface area contributed by atoms with E-state index in [9.17, 15) is 13.2 Å². The predicted molar refractivity (Wildman–Crippen MR) is 71.5 cm³/mol. The smallest absolute Gasteiger partial charge is 0.201 e. The van der Waals surface area contributed by atoms with Crippen molar-refractivity contribution in [2.45, 2.75) is 0 Å². The third-order valence-corrected chi connectivity index (χ3v) is 2.92. The molecule has 0 aliphatic carbocycles. The van der Waals surface area contributed by atoms with E-state index in [4.69, 9.17) is 15.2 Å². The molecule has 3 nitrogen and oxygen atoms in total. The van der Waals surface area contributed by atoms with Crippen molar-refractivity contribution in [2.75, 3.05) is 12.8 Å². The summed E-state index contributed by atoms with van der Waals surface area (Å²) >= 11 is 2.99. The van der Waals surface area contributed by atoms with E-state index in [2.05, 4.69) is 15.9 Å². The van der Waals surface area contributed by atoms with E-state index in [-0.39, 0.29) is 21.7 Å². The highest BCUT2D eigenvalue weighted by molar-refractivity contribution is 9.10. The second kappa shape index (κ2) is 5.62. The molecule has 20 heavy (non-hydrogen) atoms. The van der Waals surface area contributed by atoms with Crippen LogP contribution in [0.15, 0.2) is 28.7 Å². The molecule has 0 unspecified atom stereocenters. The maximum absolute atomic E-state index is 13.7. The molecule has 0 radical (unpaired) electrons. The molecule has 106 valence electrons. The molecule has 2 aromatic carbocycles. The Morgan fingerprint density at radius 2 is 1.65 bits per heavy atom. The standard InChI is InChI=1S/C13H9BrF3NO2/c1-19-11-5-10(7(15)4-9(11)18)20-12-3-6(14)2-8(16)13(12)17/h2-5H,18H2,1H3. The van der Waals surface area contributed by atoms with Crippen molar-refractivity contribution in [1.82, 2.24) is 0 Å². The molecule has 0 amide bonds. The highest BCUT2D eigenvalue weighted by Gasteiger charge is 2.16. The number of rotatable bonds is 3. The Morgan fingerprint density at radius 3 is 2.30 bits per heavy atom. The average Bonchev–Trinajstić information content (AvgIpc) is 2.38. The monoisotopic (exact) mass is 347 g/mol. The number of nitrogens with two attached hydrogens (primary N) is 1. The van der Waals surface area contributed by atoms with E-state index in [1.165, 1.54) is 13.2 Å². The lowest BCUT2D eigenvalue weighted by atomic mass is 10.2. The quantitative estimate of drug-likeness (QED) is 0.666. The minimum Gasteiger partial charge on any atom is -0.494 e. The van der Waals surface area contributed by atoms with Crippen molar-refractivity contribution in [1.29, 1.82) is 0 Å². The first-order valence-electron chi connectivity index (χ1n) is 5.37. The van der Waals surface area contributed by atoms with Gasteiger partial charge in [-0.2, -0.15) is 4.39 Å². The number of benzene rings is 2. The largest absolute Gasteiger partial charge is 0.494 e. The Labute approximate surface area is 121 Å². The number of hydrogen-bond donors (Lipinski definition) is 1. The molecule has 0 heterocycles. The van der Waals surface area contributed by atoms with Gasteiger partial charge in [0.25, 0.3) is 0 Å². The van der Waals surface area contributed by atoms with Gasteiger partial charge in [-0.05, 0) is 12.1 Å². The topological polar surface area (TPSA) is 44.5 Å². The van der Waals surface area contributed by atoms with Crippen LogP contribution in [0.1, 0.15) is 0 Å². The molecular weight excluding hydrogens is 339 g/mol. The molecule has 0 saturated carbocycles. The molecule has 0 aliphatic rings. The maximum atomic E-state index is 13.7. The molecule has 0 aliphatic heterocycles. The van der Waals surface area contributed by atoms with Gasteiger partial charge >= 0.3 is 0 Å². The Balaban J connectivity index is 2.45. The normalized spacial score (nSPS) is 10.4. The van der Waals surface area contributed by atoms with Crippen molar-refractivity contribution in [3.63, 3.8) is 0 Å². The Hall–Kier alpha value is -1.89. The number of methoxy groups -OCH3 is 1. The zero-order valence-electron chi connectivity index (χ0n) is 10.2. The predicted octanol–water partition coefficient (Wildman–Crippen LogP) is 4.25. The highest BCUT2D eigenvalue weighted by Crippen LogP contribution is 2.35. The van der Waals surface area contributed by atoms with E-state index in [1.807, 2.05) is 0 Å². The second-order valence-electron chi connectivity index (χ2n) is 3.83. The van der Waals surface area contributed by atoms with Gasteiger partial charge in [0.1, 0.15) is 5.75 Å². The van der Waals surface area contributed by atoms with Crippen molar-refractivity contribution < 1.29 is 22.6 Å². The van der Waals surface area contributed by atoms with Gasteiger partial charge in [-0.25, -0.2) is 8.78 Å². The third-order valence-electron chi connectivity index (χ3n) is 2.46. The van der Waals surface area contributed by atoms with Crippen molar-refractivity contribution in [3.05, 3.63) is 46.2 Å². The summed E-state index contributed by atoms with van der Waals surface area (Å²) in [6.45, 7) is 0. The van der Waals surface area contributed by atoms with E-state index < -0.39 is 23.2 Å². The lowest BCUT2D eigenvalue weighted by Crippen LogP contribution is -1.98. The zero-order valence-corrected chi connectivity index (χ0v) is 11.8. The average molecular weight is 348 g/mol. The van der Waals surface area contributed by atoms with E-state index in [0.717, 1.165) is 18.2 Å². The molecule has 0 aromatic heterocycles. The van der Waals surface area contributed by atoms with Gasteiger partial charge in [0.05, 0.1) is 12.8 Å². The number of halogens is 4. The minimum atomic E-state index is -1.22. The van der Waals surface area contributed by atoms with Crippen LogP contribution in [0.2, 0.25) is 0 Å². The number of anilines is 1. The van der Waals surface area contributed by atoms with Crippen molar-refractivity contribution >= 4 is 21.6 Å². The fourth-order valence-electron chi connectivity index (χ4n) is 1.53. The van der Waals surface area contributed by atoms with Crippen LogP contribution in [-0.4, -0.2) is 7.11 Å². The van der Waals surface area contributed by atoms with Gasteiger partial charge < -0.3 is 15.2 Å². The van der Waals surface area contributed by atoms with Gasteiger partial charge in [-0.3, -0.25) is 0 Å². The fourth-order valence-corrected chi connectivity index (χ4v) is 1.94. The molecule has 2 aromatic rings. The Bertz CT molecular complexity index is 665. The molecule has 0 atom stereocenters. The molecule has 0 spiro atoms. The van der Waals surface area contributed by atoms with Crippen molar-refractivity contribution in [3.8, 4) is 17.2 Å². The summed E-state index contributed by atoms with van der Waals surface area (Å²) in [4.78, 5) is 0. The van der Waals surface area contributed by atoms with Gasteiger partial charge in [0, 0.05) is 16.6 Å². The second-order valence-corrected chi connectivity index (χ2v) is 4.74. The van der Waals surface area contributed by atoms with E-state index in [0.29, 0.717) is 0 Å². The van der Waals surface area contributed by atoms with Crippen LogP contribution in [0.3, 0.4) is 0 Å². The molecular formula is C13H9BrF3NO2. The molecule has 2 rings (SSSR count). The van der Waals surface area contributed by atoms with E-state index in [1.54, 1.807) is 0 Å². The van der Waals surface area contributed by atoms with Crippen LogP contribution in [0.5, 0.6) is 17.2 Å². The zero-order chi connectivity index (χ0) is 14.9. The minimum absolute atomic E-state index is 0.0678. The summed E-state index contributed by atoms with van der Waals surface area (Å²) in [6, 6.07) is 4.24. The fraction of sp³-hybridized carbons (Fsp3) is 0.0769. The van der Waals surface area contributed by atoms with Crippen LogP contribution >= 0.6 is 15.9 Å². The Morgan fingerprint density at radius 1 is 0.950 bits per heavy atom. The first-order chi connectivity index (χ1) is 9.42. The summed E-state index contributed by atoms with van der Waals surface area (Å²) in [5.74, 6) is -3.77. The molecule has 7 heteroatoms. The molecule has 0 fully saturated rings. The first-order valence-corrected chi connectivity index (χ1v) is 6.17. The maximum Gasteiger partial charge on any atom is 0.201 e. The summed E-state index contributed by atoms with van der Waals surface area (Å²) in [5, 5.41) is 0. The van der Waals surface area contributed by atoms with Crippen LogP contribution in [0.25, 0.3) is 0 Å². The number of ether oxygens (including phenoxy) is 2. The molecule has 0 bridgehead atoms. The van der Waals surface area contributed by atoms with Gasteiger partial charge in [0.2, 0.25) is 5.82 Å². The lowest BCUT2D eigenvalue weighted by molar-refractivity contribution is 0.385. The number of nitrogen functional groups attached to an aromatic ring is 1. The lowest BCUT2D eigenvalue weighted by Gasteiger charge is -2.11. The van der Waals surface area contributed by atoms with Gasteiger partial charge in [-0.15, -0.1) is 0 Å².